The van der Waals surface area contributed by atoms with Crippen LogP contribution in [0.1, 0.15) is 24.0 Å². The standard InChI is InChI=1S/C19H29N3O2/c1-16-5-7-17(8-6-16)14-21-9-3-4-18(15-21)20(2)19(23)22-10-12-24-13-11-22/h5-8,18H,3-4,9-15H2,1-2H3. The zero-order valence-electron chi connectivity index (χ0n) is 14.9. The zero-order valence-corrected chi connectivity index (χ0v) is 14.9. The number of likely N-dealkylation sites (N-methyl/N-ethyl adjacent to an activating group) is 1. The number of benzene rings is 1. The monoisotopic (exact) mass is 331 g/mol. The maximum Gasteiger partial charge on any atom is 0.320 e. The summed E-state index contributed by atoms with van der Waals surface area (Å²) < 4.78 is 5.35. The Balaban J connectivity index is 1.56. The first-order valence-electron chi connectivity index (χ1n) is 9.01. The van der Waals surface area contributed by atoms with E-state index in [9.17, 15) is 4.79 Å². The second-order valence-electron chi connectivity index (χ2n) is 7.01. The highest BCUT2D eigenvalue weighted by Gasteiger charge is 2.29. The highest BCUT2D eigenvalue weighted by atomic mass is 16.5. The number of rotatable bonds is 3. The van der Waals surface area contributed by atoms with Crippen molar-refractivity contribution in [3.63, 3.8) is 0 Å². The third kappa shape index (κ3) is 4.28. The number of piperidine rings is 1. The number of hydrogen-bond donors (Lipinski definition) is 0. The van der Waals surface area contributed by atoms with Gasteiger partial charge in [-0.05, 0) is 31.9 Å². The summed E-state index contributed by atoms with van der Waals surface area (Å²) in [5, 5.41) is 0. The van der Waals surface area contributed by atoms with Crippen LogP contribution in [-0.4, -0.2) is 73.2 Å². The van der Waals surface area contributed by atoms with Crippen molar-refractivity contribution in [2.75, 3.05) is 46.4 Å². The normalized spacial score (nSPS) is 22.4. The SMILES string of the molecule is Cc1ccc(CN2CCCC(N(C)C(=O)N3CCOCC3)C2)cc1. The van der Waals surface area contributed by atoms with Crippen molar-refractivity contribution in [1.29, 1.82) is 0 Å². The van der Waals surface area contributed by atoms with E-state index in [-0.39, 0.29) is 6.03 Å². The maximum absolute atomic E-state index is 12.7. The molecule has 0 spiro atoms. The Hall–Kier alpha value is -1.59. The lowest BCUT2D eigenvalue weighted by Crippen LogP contribution is -2.54. The van der Waals surface area contributed by atoms with E-state index in [1.165, 1.54) is 11.1 Å². The summed E-state index contributed by atoms with van der Waals surface area (Å²) in [5.74, 6) is 0. The minimum Gasteiger partial charge on any atom is -0.378 e. The molecule has 0 saturated carbocycles. The summed E-state index contributed by atoms with van der Waals surface area (Å²) in [4.78, 5) is 19.0. The van der Waals surface area contributed by atoms with Gasteiger partial charge in [-0.25, -0.2) is 4.79 Å². The van der Waals surface area contributed by atoms with Gasteiger partial charge in [0.05, 0.1) is 13.2 Å². The van der Waals surface area contributed by atoms with E-state index in [1.54, 1.807) is 0 Å². The van der Waals surface area contributed by atoms with Gasteiger partial charge in [0.25, 0.3) is 0 Å². The molecule has 2 fully saturated rings. The third-order valence-electron chi connectivity index (χ3n) is 5.14. The molecule has 5 nitrogen and oxygen atoms in total. The van der Waals surface area contributed by atoms with Gasteiger partial charge in [-0.1, -0.05) is 29.8 Å². The van der Waals surface area contributed by atoms with Crippen LogP contribution in [0.15, 0.2) is 24.3 Å². The lowest BCUT2D eigenvalue weighted by atomic mass is 10.0. The number of morpholine rings is 1. The number of urea groups is 1. The summed E-state index contributed by atoms with van der Waals surface area (Å²) in [6.45, 7) is 7.90. The first-order valence-corrected chi connectivity index (χ1v) is 9.01. The molecule has 2 aliphatic heterocycles. The largest absolute Gasteiger partial charge is 0.378 e. The van der Waals surface area contributed by atoms with Gasteiger partial charge in [0.1, 0.15) is 0 Å². The Labute approximate surface area is 145 Å². The molecule has 0 radical (unpaired) electrons. The van der Waals surface area contributed by atoms with Crippen molar-refractivity contribution in [2.45, 2.75) is 32.4 Å². The molecule has 2 heterocycles. The van der Waals surface area contributed by atoms with Crippen LogP contribution in [0.2, 0.25) is 0 Å². The predicted octanol–water partition coefficient (Wildman–Crippen LogP) is 2.34. The van der Waals surface area contributed by atoms with Gasteiger partial charge in [-0.15, -0.1) is 0 Å². The summed E-state index contributed by atoms with van der Waals surface area (Å²) in [7, 11) is 1.96. The predicted molar refractivity (Wildman–Crippen MR) is 95.0 cm³/mol. The average molecular weight is 331 g/mol. The van der Waals surface area contributed by atoms with E-state index in [0.29, 0.717) is 32.3 Å². The number of likely N-dealkylation sites (tertiary alicyclic amines) is 1. The van der Waals surface area contributed by atoms with Gasteiger partial charge < -0.3 is 14.5 Å². The van der Waals surface area contributed by atoms with Crippen molar-refractivity contribution < 1.29 is 9.53 Å². The van der Waals surface area contributed by atoms with Crippen LogP contribution in [0, 0.1) is 6.92 Å². The zero-order chi connectivity index (χ0) is 16.9. The molecule has 132 valence electrons. The minimum absolute atomic E-state index is 0.153. The van der Waals surface area contributed by atoms with Crippen LogP contribution < -0.4 is 0 Å². The van der Waals surface area contributed by atoms with Crippen LogP contribution >= 0.6 is 0 Å². The molecule has 1 unspecified atom stereocenters. The highest BCUT2D eigenvalue weighted by molar-refractivity contribution is 5.74. The van der Waals surface area contributed by atoms with Crippen molar-refractivity contribution >= 4 is 6.03 Å². The van der Waals surface area contributed by atoms with Crippen LogP contribution in [0.25, 0.3) is 0 Å². The number of carbonyl (C=O) groups is 1. The van der Waals surface area contributed by atoms with Crippen LogP contribution in [0.5, 0.6) is 0 Å². The quantitative estimate of drug-likeness (QED) is 0.853. The van der Waals surface area contributed by atoms with E-state index in [4.69, 9.17) is 4.74 Å². The summed E-state index contributed by atoms with van der Waals surface area (Å²) in [6, 6.07) is 9.22. The number of nitrogens with zero attached hydrogens (tertiary/aromatic N) is 3. The first kappa shape index (κ1) is 17.2. The fourth-order valence-electron chi connectivity index (χ4n) is 3.58. The van der Waals surface area contributed by atoms with Crippen molar-refractivity contribution in [2.24, 2.45) is 0 Å². The molecule has 2 saturated heterocycles. The molecule has 2 amide bonds. The molecule has 1 aromatic carbocycles. The summed E-state index contributed by atoms with van der Waals surface area (Å²) in [6.07, 6.45) is 2.24. The Morgan fingerprint density at radius 2 is 1.92 bits per heavy atom. The van der Waals surface area contributed by atoms with Crippen LogP contribution in [0.4, 0.5) is 4.79 Å². The number of ether oxygens (including phenoxy) is 1. The average Bonchev–Trinajstić information content (AvgIpc) is 2.63. The fourth-order valence-corrected chi connectivity index (χ4v) is 3.58. The molecule has 5 heteroatoms. The second-order valence-corrected chi connectivity index (χ2v) is 7.01. The van der Waals surface area contributed by atoms with E-state index in [2.05, 4.69) is 36.1 Å². The number of aryl methyl sites for hydroxylation is 1. The molecule has 1 aromatic rings. The Kier molecular flexibility index (Phi) is 5.74. The van der Waals surface area contributed by atoms with Gasteiger partial charge in [0.15, 0.2) is 0 Å². The molecule has 0 bridgehead atoms. The molecular formula is C19H29N3O2. The Bertz CT molecular complexity index is 540. The molecule has 0 aromatic heterocycles. The van der Waals surface area contributed by atoms with Gasteiger partial charge >= 0.3 is 6.03 Å². The molecule has 24 heavy (non-hydrogen) atoms. The fraction of sp³-hybridized carbons (Fsp3) is 0.632. The Morgan fingerprint density at radius 3 is 2.62 bits per heavy atom. The number of hydrogen-bond acceptors (Lipinski definition) is 3. The first-order chi connectivity index (χ1) is 11.6. The summed E-state index contributed by atoms with van der Waals surface area (Å²) in [5.41, 5.74) is 2.65. The molecule has 3 rings (SSSR count). The second kappa shape index (κ2) is 7.99. The molecule has 0 N–H and O–H groups in total. The molecule has 0 aliphatic carbocycles. The lowest BCUT2D eigenvalue weighted by Gasteiger charge is -2.40. The van der Waals surface area contributed by atoms with Gasteiger partial charge in [-0.2, -0.15) is 0 Å². The van der Waals surface area contributed by atoms with E-state index < -0.39 is 0 Å². The number of carbonyl (C=O) groups excluding carboxylic acids is 1. The smallest absolute Gasteiger partial charge is 0.320 e. The van der Waals surface area contributed by atoms with Gasteiger partial charge in [0, 0.05) is 39.3 Å². The molecule has 2 aliphatic rings. The maximum atomic E-state index is 12.7. The summed E-state index contributed by atoms with van der Waals surface area (Å²) >= 11 is 0. The van der Waals surface area contributed by atoms with E-state index in [1.807, 2.05) is 16.8 Å². The van der Waals surface area contributed by atoms with Gasteiger partial charge in [0.2, 0.25) is 0 Å². The Morgan fingerprint density at radius 1 is 1.21 bits per heavy atom. The van der Waals surface area contributed by atoms with Crippen molar-refractivity contribution in [3.8, 4) is 0 Å². The lowest BCUT2D eigenvalue weighted by molar-refractivity contribution is 0.0365. The van der Waals surface area contributed by atoms with Crippen LogP contribution in [0.3, 0.4) is 0 Å². The van der Waals surface area contributed by atoms with Crippen molar-refractivity contribution in [1.82, 2.24) is 14.7 Å². The topological polar surface area (TPSA) is 36.0 Å². The number of amides is 2. The highest BCUT2D eigenvalue weighted by Crippen LogP contribution is 2.19. The molecule has 1 atom stereocenters. The van der Waals surface area contributed by atoms with Gasteiger partial charge in [-0.3, -0.25) is 4.90 Å². The van der Waals surface area contributed by atoms with E-state index in [0.717, 1.165) is 32.5 Å². The molecular weight excluding hydrogens is 302 g/mol. The third-order valence-corrected chi connectivity index (χ3v) is 5.14. The van der Waals surface area contributed by atoms with Crippen LogP contribution in [-0.2, 0) is 11.3 Å². The minimum atomic E-state index is 0.153. The van der Waals surface area contributed by atoms with Crippen molar-refractivity contribution in [3.05, 3.63) is 35.4 Å². The van der Waals surface area contributed by atoms with E-state index >= 15 is 0 Å².